The first-order valence-electron chi connectivity index (χ1n) is 6.08. The number of ether oxygens (including phenoxy) is 1. The van der Waals surface area contributed by atoms with E-state index in [1.54, 1.807) is 0 Å². The highest BCUT2D eigenvalue weighted by Crippen LogP contribution is 2.21. The first-order chi connectivity index (χ1) is 8.52. The number of pyridine rings is 1. The Morgan fingerprint density at radius 2 is 2.28 bits per heavy atom. The monoisotopic (exact) mass is 249 g/mol. The standard InChI is InChI=1S/C14H19NO3/c1-4-5-11(3)18-13-8-6-10(2)15-12(13)7-9-14(16)17/h6-9,11H,4-5H2,1-3H3,(H,16,17)/b9-7+. The summed E-state index contributed by atoms with van der Waals surface area (Å²) in [5.41, 5.74) is 1.39. The zero-order valence-corrected chi connectivity index (χ0v) is 11.0. The molecular weight excluding hydrogens is 230 g/mol. The number of aromatic nitrogens is 1. The maximum absolute atomic E-state index is 10.5. The van der Waals surface area contributed by atoms with Crippen molar-refractivity contribution in [1.29, 1.82) is 0 Å². The summed E-state index contributed by atoms with van der Waals surface area (Å²) in [6, 6.07) is 3.68. The average molecular weight is 249 g/mol. The minimum absolute atomic E-state index is 0.0940. The number of aryl methyl sites for hydroxylation is 1. The van der Waals surface area contributed by atoms with Gasteiger partial charge in [0.2, 0.25) is 0 Å². The van der Waals surface area contributed by atoms with Crippen LogP contribution in [0.5, 0.6) is 5.75 Å². The van der Waals surface area contributed by atoms with Crippen LogP contribution in [0.25, 0.3) is 6.08 Å². The highest BCUT2D eigenvalue weighted by atomic mass is 16.5. The fraction of sp³-hybridized carbons (Fsp3) is 0.429. The third-order valence-corrected chi connectivity index (χ3v) is 2.43. The molecule has 0 aliphatic carbocycles. The molecule has 1 aromatic heterocycles. The molecule has 0 radical (unpaired) electrons. The molecule has 1 heterocycles. The highest BCUT2D eigenvalue weighted by molar-refractivity contribution is 5.85. The molecule has 4 nitrogen and oxygen atoms in total. The second-order valence-electron chi connectivity index (χ2n) is 4.22. The van der Waals surface area contributed by atoms with Crippen molar-refractivity contribution in [2.75, 3.05) is 0 Å². The lowest BCUT2D eigenvalue weighted by molar-refractivity contribution is -0.131. The van der Waals surface area contributed by atoms with Crippen LogP contribution < -0.4 is 4.74 Å². The average Bonchev–Trinajstić information content (AvgIpc) is 2.29. The summed E-state index contributed by atoms with van der Waals surface area (Å²) in [5, 5.41) is 8.65. The van der Waals surface area contributed by atoms with E-state index in [1.807, 2.05) is 26.0 Å². The molecule has 0 aromatic carbocycles. The zero-order chi connectivity index (χ0) is 13.5. The quantitative estimate of drug-likeness (QED) is 0.787. The van der Waals surface area contributed by atoms with E-state index in [0.717, 1.165) is 24.6 Å². The van der Waals surface area contributed by atoms with Crippen molar-refractivity contribution in [2.24, 2.45) is 0 Å². The van der Waals surface area contributed by atoms with Gasteiger partial charge in [0.05, 0.1) is 6.10 Å². The minimum Gasteiger partial charge on any atom is -0.488 e. The van der Waals surface area contributed by atoms with Crippen molar-refractivity contribution >= 4 is 12.0 Å². The lowest BCUT2D eigenvalue weighted by Gasteiger charge is -2.15. The van der Waals surface area contributed by atoms with Crippen LogP contribution >= 0.6 is 0 Å². The second kappa shape index (κ2) is 6.79. The van der Waals surface area contributed by atoms with Crippen LogP contribution in [-0.4, -0.2) is 22.2 Å². The molecule has 0 amide bonds. The molecule has 1 aromatic rings. The molecular formula is C14H19NO3. The van der Waals surface area contributed by atoms with Crippen molar-refractivity contribution in [3.05, 3.63) is 29.6 Å². The van der Waals surface area contributed by atoms with Gasteiger partial charge < -0.3 is 9.84 Å². The Kier molecular flexibility index (Phi) is 5.36. The normalized spacial score (nSPS) is 12.6. The van der Waals surface area contributed by atoms with Crippen LogP contribution in [0.4, 0.5) is 0 Å². The van der Waals surface area contributed by atoms with Crippen molar-refractivity contribution in [3.63, 3.8) is 0 Å². The zero-order valence-electron chi connectivity index (χ0n) is 11.0. The Hall–Kier alpha value is -1.84. The van der Waals surface area contributed by atoms with E-state index in [0.29, 0.717) is 11.4 Å². The summed E-state index contributed by atoms with van der Waals surface area (Å²) in [6.45, 7) is 5.95. The molecule has 1 N–H and O–H groups in total. The molecule has 0 aliphatic rings. The summed E-state index contributed by atoms with van der Waals surface area (Å²) >= 11 is 0. The first-order valence-corrected chi connectivity index (χ1v) is 6.08. The molecule has 0 bridgehead atoms. The number of hydrogen-bond donors (Lipinski definition) is 1. The fourth-order valence-electron chi connectivity index (χ4n) is 1.62. The molecule has 0 fully saturated rings. The van der Waals surface area contributed by atoms with Gasteiger partial charge in [0.1, 0.15) is 11.4 Å². The number of rotatable bonds is 6. The van der Waals surface area contributed by atoms with E-state index in [9.17, 15) is 4.79 Å². The third kappa shape index (κ3) is 4.57. The van der Waals surface area contributed by atoms with Crippen LogP contribution in [0.15, 0.2) is 18.2 Å². The fourth-order valence-corrected chi connectivity index (χ4v) is 1.62. The molecule has 98 valence electrons. The third-order valence-electron chi connectivity index (χ3n) is 2.43. The number of carbonyl (C=O) groups is 1. The Morgan fingerprint density at radius 3 is 2.89 bits per heavy atom. The van der Waals surface area contributed by atoms with Gasteiger partial charge in [0.15, 0.2) is 0 Å². The maximum Gasteiger partial charge on any atom is 0.328 e. The van der Waals surface area contributed by atoms with Gasteiger partial charge in [0.25, 0.3) is 0 Å². The smallest absolute Gasteiger partial charge is 0.328 e. The molecule has 18 heavy (non-hydrogen) atoms. The number of nitrogens with zero attached hydrogens (tertiary/aromatic N) is 1. The van der Waals surface area contributed by atoms with Gasteiger partial charge in [-0.2, -0.15) is 0 Å². The maximum atomic E-state index is 10.5. The molecule has 0 saturated heterocycles. The number of aliphatic carboxylic acids is 1. The van der Waals surface area contributed by atoms with Gasteiger partial charge in [-0.25, -0.2) is 9.78 Å². The molecule has 1 atom stereocenters. The van der Waals surface area contributed by atoms with E-state index >= 15 is 0 Å². The number of carboxylic acids is 1. The summed E-state index contributed by atoms with van der Waals surface area (Å²) in [5.74, 6) is -0.370. The van der Waals surface area contributed by atoms with Crippen LogP contribution in [0.1, 0.15) is 38.1 Å². The molecule has 4 heteroatoms. The predicted molar refractivity (Wildman–Crippen MR) is 70.6 cm³/mol. The van der Waals surface area contributed by atoms with Crippen molar-refractivity contribution in [3.8, 4) is 5.75 Å². The summed E-state index contributed by atoms with van der Waals surface area (Å²) in [4.78, 5) is 14.8. The lowest BCUT2D eigenvalue weighted by Crippen LogP contribution is -2.12. The summed E-state index contributed by atoms with van der Waals surface area (Å²) < 4.78 is 5.77. The van der Waals surface area contributed by atoms with Crippen LogP contribution in [0, 0.1) is 6.92 Å². The van der Waals surface area contributed by atoms with E-state index in [-0.39, 0.29) is 6.10 Å². The minimum atomic E-state index is -0.995. The van der Waals surface area contributed by atoms with Crippen LogP contribution in [-0.2, 0) is 4.79 Å². The molecule has 0 saturated carbocycles. The van der Waals surface area contributed by atoms with E-state index in [2.05, 4.69) is 11.9 Å². The van der Waals surface area contributed by atoms with Gasteiger partial charge >= 0.3 is 5.97 Å². The number of carboxylic acid groups (broad SMARTS) is 1. The lowest BCUT2D eigenvalue weighted by atomic mass is 10.2. The predicted octanol–water partition coefficient (Wildman–Crippen LogP) is 3.06. The van der Waals surface area contributed by atoms with Crippen molar-refractivity contribution < 1.29 is 14.6 Å². The van der Waals surface area contributed by atoms with E-state index in [1.165, 1.54) is 6.08 Å². The second-order valence-corrected chi connectivity index (χ2v) is 4.22. The van der Waals surface area contributed by atoms with Gasteiger partial charge in [-0.05, 0) is 38.5 Å². The SMILES string of the molecule is CCCC(C)Oc1ccc(C)nc1/C=C/C(=O)O. The van der Waals surface area contributed by atoms with Crippen molar-refractivity contribution in [1.82, 2.24) is 4.98 Å². The van der Waals surface area contributed by atoms with Gasteiger partial charge in [-0.15, -0.1) is 0 Å². The van der Waals surface area contributed by atoms with E-state index < -0.39 is 5.97 Å². The topological polar surface area (TPSA) is 59.4 Å². The van der Waals surface area contributed by atoms with Gasteiger partial charge in [0, 0.05) is 11.8 Å². The van der Waals surface area contributed by atoms with Gasteiger partial charge in [-0.1, -0.05) is 13.3 Å². The van der Waals surface area contributed by atoms with Crippen LogP contribution in [0.3, 0.4) is 0 Å². The highest BCUT2D eigenvalue weighted by Gasteiger charge is 2.08. The largest absolute Gasteiger partial charge is 0.488 e. The molecule has 0 aliphatic heterocycles. The van der Waals surface area contributed by atoms with Crippen LogP contribution in [0.2, 0.25) is 0 Å². The molecule has 1 unspecified atom stereocenters. The van der Waals surface area contributed by atoms with Crippen molar-refractivity contribution in [2.45, 2.75) is 39.7 Å². The van der Waals surface area contributed by atoms with Gasteiger partial charge in [-0.3, -0.25) is 0 Å². The molecule has 1 rings (SSSR count). The summed E-state index contributed by atoms with van der Waals surface area (Å²) in [7, 11) is 0. The Balaban J connectivity index is 2.92. The Labute approximate surface area is 107 Å². The molecule has 0 spiro atoms. The first kappa shape index (κ1) is 14.2. The van der Waals surface area contributed by atoms with E-state index in [4.69, 9.17) is 9.84 Å². The Bertz CT molecular complexity index is 441. The number of hydrogen-bond acceptors (Lipinski definition) is 3. The Morgan fingerprint density at radius 1 is 1.56 bits per heavy atom. The summed E-state index contributed by atoms with van der Waals surface area (Å²) in [6.07, 6.45) is 4.62.